The fraction of sp³-hybridized carbons (Fsp3) is 0.273. The summed E-state index contributed by atoms with van der Waals surface area (Å²) in [5, 5.41) is 17.7. The molecule has 0 bridgehead atoms. The standard InChI is InChI=1S/C22H23N7O2.ClH/c23-10-14-3-6-28(7-4-14)20-9-18-15(2-1-5-24-18)8-19(20)27-22(31)17-12-26-29-13-16(30)11-25-21(17)29;/h1-2,5,8-9,11-14,30H,3-4,6-7,10,23H2,(H,27,31);1H. The zero-order chi connectivity index (χ0) is 21.4. The number of hydrogen-bond donors (Lipinski definition) is 3. The van der Waals surface area contributed by atoms with Gasteiger partial charge in [-0.1, -0.05) is 6.07 Å². The van der Waals surface area contributed by atoms with Crippen molar-refractivity contribution in [2.45, 2.75) is 12.8 Å². The van der Waals surface area contributed by atoms with E-state index in [2.05, 4.69) is 25.3 Å². The maximum absolute atomic E-state index is 13.1. The monoisotopic (exact) mass is 453 g/mol. The minimum absolute atomic E-state index is 0. The minimum atomic E-state index is -0.311. The zero-order valence-corrected chi connectivity index (χ0v) is 18.1. The lowest BCUT2D eigenvalue weighted by molar-refractivity contribution is 0.102. The summed E-state index contributed by atoms with van der Waals surface area (Å²) < 4.78 is 1.38. The van der Waals surface area contributed by atoms with Crippen LogP contribution in [0.3, 0.4) is 0 Å². The van der Waals surface area contributed by atoms with Crippen molar-refractivity contribution in [3.63, 3.8) is 0 Å². The van der Waals surface area contributed by atoms with Crippen LogP contribution in [0.4, 0.5) is 11.4 Å². The lowest BCUT2D eigenvalue weighted by Gasteiger charge is -2.34. The van der Waals surface area contributed by atoms with Gasteiger partial charge < -0.3 is 21.1 Å². The third kappa shape index (κ3) is 4.04. The number of halogens is 1. The van der Waals surface area contributed by atoms with Crippen molar-refractivity contribution in [3.05, 3.63) is 54.6 Å². The predicted octanol–water partition coefficient (Wildman–Crippen LogP) is 2.83. The Morgan fingerprint density at radius 1 is 1.22 bits per heavy atom. The molecule has 1 amide bonds. The molecule has 10 heteroatoms. The third-order valence-electron chi connectivity index (χ3n) is 5.84. The summed E-state index contributed by atoms with van der Waals surface area (Å²) in [4.78, 5) is 24.0. The summed E-state index contributed by atoms with van der Waals surface area (Å²) in [6.45, 7) is 2.45. The van der Waals surface area contributed by atoms with Crippen molar-refractivity contribution in [1.29, 1.82) is 0 Å². The number of rotatable bonds is 4. The van der Waals surface area contributed by atoms with Crippen molar-refractivity contribution >= 4 is 46.2 Å². The first-order chi connectivity index (χ1) is 15.1. The summed E-state index contributed by atoms with van der Waals surface area (Å²) >= 11 is 0. The van der Waals surface area contributed by atoms with Crippen LogP contribution in [0.2, 0.25) is 0 Å². The Kier molecular flexibility index (Phi) is 6.11. The van der Waals surface area contributed by atoms with Gasteiger partial charge in [-0.3, -0.25) is 9.78 Å². The number of anilines is 2. The van der Waals surface area contributed by atoms with Gasteiger partial charge >= 0.3 is 0 Å². The van der Waals surface area contributed by atoms with Crippen molar-refractivity contribution in [2.75, 3.05) is 29.9 Å². The van der Waals surface area contributed by atoms with E-state index in [-0.39, 0.29) is 24.1 Å². The number of nitrogens with zero attached hydrogens (tertiary/aromatic N) is 5. The Hall–Kier alpha value is -3.43. The van der Waals surface area contributed by atoms with E-state index < -0.39 is 0 Å². The van der Waals surface area contributed by atoms with Gasteiger partial charge in [0, 0.05) is 24.7 Å². The first-order valence-electron chi connectivity index (χ1n) is 10.3. The fourth-order valence-electron chi connectivity index (χ4n) is 4.10. The van der Waals surface area contributed by atoms with Crippen LogP contribution in [0.15, 0.2) is 49.1 Å². The Balaban J connectivity index is 0.00000245. The number of benzene rings is 1. The Morgan fingerprint density at radius 3 is 2.81 bits per heavy atom. The molecule has 0 atom stereocenters. The number of amides is 1. The number of carbonyl (C=O) groups is 1. The topological polar surface area (TPSA) is 122 Å². The molecule has 5 rings (SSSR count). The number of aromatic nitrogens is 4. The molecule has 1 aliphatic heterocycles. The number of carbonyl (C=O) groups excluding carboxylic acids is 1. The lowest BCUT2D eigenvalue weighted by Crippen LogP contribution is -2.36. The fourth-order valence-corrected chi connectivity index (χ4v) is 4.10. The van der Waals surface area contributed by atoms with Crippen molar-refractivity contribution in [2.24, 2.45) is 11.7 Å². The van der Waals surface area contributed by atoms with Gasteiger partial charge in [-0.25, -0.2) is 9.50 Å². The number of fused-ring (bicyclic) bond motifs is 2. The molecule has 166 valence electrons. The van der Waals surface area contributed by atoms with Crippen LogP contribution >= 0.6 is 12.4 Å². The molecule has 0 spiro atoms. The Bertz CT molecular complexity index is 1270. The second-order valence-electron chi connectivity index (χ2n) is 7.82. The zero-order valence-electron chi connectivity index (χ0n) is 17.3. The summed E-state index contributed by atoms with van der Waals surface area (Å²) in [7, 11) is 0. The van der Waals surface area contributed by atoms with Gasteiger partial charge in [-0.2, -0.15) is 5.10 Å². The highest BCUT2D eigenvalue weighted by Gasteiger charge is 2.23. The van der Waals surface area contributed by atoms with Gasteiger partial charge in [0.15, 0.2) is 11.4 Å². The summed E-state index contributed by atoms with van der Waals surface area (Å²) in [6, 6.07) is 7.83. The molecular formula is C22H24ClN7O2. The molecule has 0 radical (unpaired) electrons. The van der Waals surface area contributed by atoms with E-state index in [0.717, 1.165) is 48.2 Å². The van der Waals surface area contributed by atoms with E-state index in [1.807, 2.05) is 24.3 Å². The molecule has 1 fully saturated rings. The summed E-state index contributed by atoms with van der Waals surface area (Å²) in [5.41, 5.74) is 9.10. The maximum Gasteiger partial charge on any atom is 0.261 e. The van der Waals surface area contributed by atoms with Crippen molar-refractivity contribution in [1.82, 2.24) is 19.6 Å². The molecule has 0 aliphatic carbocycles. The van der Waals surface area contributed by atoms with E-state index in [0.29, 0.717) is 23.7 Å². The normalized spacial score (nSPS) is 14.5. The largest absolute Gasteiger partial charge is 0.505 e. The molecule has 4 N–H and O–H groups in total. The number of piperidine rings is 1. The first kappa shape index (κ1) is 21.8. The van der Waals surface area contributed by atoms with Crippen LogP contribution in [0.5, 0.6) is 5.75 Å². The van der Waals surface area contributed by atoms with Gasteiger partial charge in [-0.05, 0) is 43.5 Å². The van der Waals surface area contributed by atoms with Crippen molar-refractivity contribution < 1.29 is 9.90 Å². The summed E-state index contributed by atoms with van der Waals surface area (Å²) in [5.74, 6) is 0.205. The van der Waals surface area contributed by atoms with Crippen molar-refractivity contribution in [3.8, 4) is 5.75 Å². The number of aromatic hydroxyl groups is 1. The van der Waals surface area contributed by atoms with Gasteiger partial charge in [0.1, 0.15) is 5.56 Å². The summed E-state index contributed by atoms with van der Waals surface area (Å²) in [6.07, 6.45) is 7.96. The molecule has 3 aromatic heterocycles. The molecule has 4 aromatic rings. The second kappa shape index (κ2) is 8.97. The van der Waals surface area contributed by atoms with Crippen LogP contribution in [0, 0.1) is 5.92 Å². The number of nitrogens with one attached hydrogen (secondary N) is 1. The number of pyridine rings is 1. The first-order valence-corrected chi connectivity index (χ1v) is 10.3. The predicted molar refractivity (Wildman–Crippen MR) is 126 cm³/mol. The molecule has 1 aromatic carbocycles. The van der Waals surface area contributed by atoms with E-state index >= 15 is 0 Å². The van der Waals surface area contributed by atoms with Crippen LogP contribution < -0.4 is 16.0 Å². The molecular weight excluding hydrogens is 430 g/mol. The highest BCUT2D eigenvalue weighted by atomic mass is 35.5. The van der Waals surface area contributed by atoms with Crippen LogP contribution in [0.25, 0.3) is 16.6 Å². The molecule has 1 aliphatic rings. The highest BCUT2D eigenvalue weighted by Crippen LogP contribution is 2.34. The second-order valence-corrected chi connectivity index (χ2v) is 7.82. The van der Waals surface area contributed by atoms with E-state index in [1.54, 1.807) is 6.20 Å². The minimum Gasteiger partial charge on any atom is -0.505 e. The lowest BCUT2D eigenvalue weighted by atomic mass is 9.96. The van der Waals surface area contributed by atoms with Crippen LogP contribution in [-0.2, 0) is 0 Å². The smallest absolute Gasteiger partial charge is 0.261 e. The average molecular weight is 454 g/mol. The van der Waals surface area contributed by atoms with Crippen LogP contribution in [0.1, 0.15) is 23.2 Å². The van der Waals surface area contributed by atoms with Gasteiger partial charge in [0.2, 0.25) is 0 Å². The SMILES string of the molecule is Cl.NCC1CCN(c2cc3ncccc3cc2NC(=O)c2cnn3cc(O)cnc23)CC1. The number of nitrogens with two attached hydrogens (primary N) is 1. The van der Waals surface area contributed by atoms with E-state index in [1.165, 1.54) is 23.1 Å². The molecule has 0 unspecified atom stereocenters. The molecule has 1 saturated heterocycles. The van der Waals surface area contributed by atoms with E-state index in [9.17, 15) is 9.90 Å². The Morgan fingerprint density at radius 2 is 2.03 bits per heavy atom. The molecule has 0 saturated carbocycles. The van der Waals surface area contributed by atoms with Crippen LogP contribution in [-0.4, -0.2) is 50.2 Å². The highest BCUT2D eigenvalue weighted by molar-refractivity contribution is 6.10. The Labute approximate surface area is 190 Å². The van der Waals surface area contributed by atoms with Gasteiger partial charge in [0.25, 0.3) is 5.91 Å². The van der Waals surface area contributed by atoms with Gasteiger partial charge in [-0.15, -0.1) is 12.4 Å². The van der Waals surface area contributed by atoms with E-state index in [4.69, 9.17) is 5.73 Å². The molecule has 32 heavy (non-hydrogen) atoms. The van der Waals surface area contributed by atoms with Gasteiger partial charge in [0.05, 0.1) is 35.5 Å². The molecule has 4 heterocycles. The third-order valence-corrected chi connectivity index (χ3v) is 5.84. The maximum atomic E-state index is 13.1. The average Bonchev–Trinajstić information content (AvgIpc) is 3.22. The number of hydrogen-bond acceptors (Lipinski definition) is 7. The quantitative estimate of drug-likeness (QED) is 0.434. The molecule has 9 nitrogen and oxygen atoms in total.